The van der Waals surface area contributed by atoms with Crippen LogP contribution in [0.2, 0.25) is 0 Å². The summed E-state index contributed by atoms with van der Waals surface area (Å²) in [5, 5.41) is 6.44. The summed E-state index contributed by atoms with van der Waals surface area (Å²) in [6.45, 7) is 2.02. The summed E-state index contributed by atoms with van der Waals surface area (Å²) in [7, 11) is 1.93. The Morgan fingerprint density at radius 3 is 2.94 bits per heavy atom. The molecule has 1 unspecified atom stereocenters. The Kier molecular flexibility index (Phi) is 3.78. The van der Waals surface area contributed by atoms with Gasteiger partial charge >= 0.3 is 0 Å². The first-order chi connectivity index (χ1) is 7.70. The van der Waals surface area contributed by atoms with Gasteiger partial charge in [0, 0.05) is 11.8 Å². The largest absolute Gasteiger partial charge is 0.466 e. The second-order valence-electron chi connectivity index (χ2n) is 3.54. The van der Waals surface area contributed by atoms with E-state index < -0.39 is 0 Å². The van der Waals surface area contributed by atoms with Crippen LogP contribution in [-0.2, 0) is 6.42 Å². The molecule has 0 amide bonds. The molecule has 0 aliphatic rings. The second-order valence-corrected chi connectivity index (χ2v) is 5.45. The number of nitrogens with zero attached hydrogens (tertiary/aromatic N) is 1. The molecule has 0 fully saturated rings. The summed E-state index contributed by atoms with van der Waals surface area (Å²) in [5.41, 5.74) is 1.10. The lowest BCUT2D eigenvalue weighted by molar-refractivity contribution is 0.425. The smallest absolute Gasteiger partial charge is 0.135 e. The van der Waals surface area contributed by atoms with Crippen LogP contribution in [0.25, 0.3) is 0 Å². The van der Waals surface area contributed by atoms with Crippen LogP contribution < -0.4 is 5.32 Å². The van der Waals surface area contributed by atoms with Crippen LogP contribution in [0, 0.1) is 6.92 Å². The predicted octanol–water partition coefficient (Wildman–Crippen LogP) is 3.31. The average molecular weight is 301 g/mol. The van der Waals surface area contributed by atoms with Crippen molar-refractivity contribution in [3.05, 3.63) is 38.6 Å². The second kappa shape index (κ2) is 5.12. The van der Waals surface area contributed by atoms with E-state index in [2.05, 4.69) is 31.6 Å². The molecule has 0 aliphatic heterocycles. The maximum absolute atomic E-state index is 5.46. The highest BCUT2D eigenvalue weighted by Crippen LogP contribution is 2.27. The summed E-state index contributed by atoms with van der Waals surface area (Å²) in [6.07, 6.45) is 2.53. The highest BCUT2D eigenvalue weighted by atomic mass is 79.9. The number of halogens is 1. The third kappa shape index (κ3) is 2.53. The van der Waals surface area contributed by atoms with Gasteiger partial charge in [0.15, 0.2) is 0 Å². The Labute approximate surface area is 107 Å². The molecule has 0 aromatic carbocycles. The molecule has 16 heavy (non-hydrogen) atoms. The van der Waals surface area contributed by atoms with Crippen molar-refractivity contribution in [3.63, 3.8) is 0 Å². The van der Waals surface area contributed by atoms with Crippen molar-refractivity contribution in [1.82, 2.24) is 10.3 Å². The third-order valence-electron chi connectivity index (χ3n) is 2.39. The Bertz CT molecular complexity index is 466. The van der Waals surface area contributed by atoms with E-state index in [1.807, 2.05) is 20.0 Å². The van der Waals surface area contributed by atoms with Gasteiger partial charge in [0.05, 0.1) is 27.5 Å². The van der Waals surface area contributed by atoms with Crippen molar-refractivity contribution in [2.45, 2.75) is 19.4 Å². The van der Waals surface area contributed by atoms with Crippen LogP contribution in [0.1, 0.15) is 22.5 Å². The number of likely N-dealkylation sites (N-methyl/N-ethyl adjacent to an activating group) is 1. The first-order valence-corrected chi connectivity index (χ1v) is 6.69. The predicted molar refractivity (Wildman–Crippen MR) is 68.8 cm³/mol. The third-order valence-corrected chi connectivity index (χ3v) is 3.87. The van der Waals surface area contributed by atoms with E-state index in [-0.39, 0.29) is 6.04 Å². The van der Waals surface area contributed by atoms with E-state index in [0.717, 1.165) is 27.4 Å². The molecule has 0 spiro atoms. The molecule has 1 N–H and O–H groups in total. The van der Waals surface area contributed by atoms with Crippen molar-refractivity contribution in [3.8, 4) is 0 Å². The molecule has 1 atom stereocenters. The van der Waals surface area contributed by atoms with Crippen molar-refractivity contribution in [1.29, 1.82) is 0 Å². The van der Waals surface area contributed by atoms with Gasteiger partial charge in [-0.3, -0.25) is 0 Å². The summed E-state index contributed by atoms with van der Waals surface area (Å²) in [6, 6.07) is 2.07. The van der Waals surface area contributed by atoms with Gasteiger partial charge in [-0.1, -0.05) is 0 Å². The molecular formula is C11H13BrN2OS. The number of aryl methyl sites for hydroxylation is 1. The van der Waals surface area contributed by atoms with Crippen LogP contribution >= 0.6 is 27.3 Å². The van der Waals surface area contributed by atoms with E-state index in [0.29, 0.717) is 0 Å². The van der Waals surface area contributed by atoms with E-state index in [1.165, 1.54) is 0 Å². The van der Waals surface area contributed by atoms with Gasteiger partial charge in [-0.2, -0.15) is 0 Å². The van der Waals surface area contributed by atoms with Gasteiger partial charge in [0.25, 0.3) is 0 Å². The molecular weight excluding hydrogens is 288 g/mol. The Balaban J connectivity index is 2.15. The lowest BCUT2D eigenvalue weighted by Gasteiger charge is -2.12. The number of thiazole rings is 1. The fraction of sp³-hybridized carbons (Fsp3) is 0.364. The van der Waals surface area contributed by atoms with E-state index >= 15 is 0 Å². The molecule has 2 aromatic rings. The van der Waals surface area contributed by atoms with Crippen molar-refractivity contribution < 1.29 is 4.42 Å². The fourth-order valence-electron chi connectivity index (χ4n) is 1.59. The zero-order valence-electron chi connectivity index (χ0n) is 9.16. The zero-order valence-corrected chi connectivity index (χ0v) is 11.6. The Hall–Kier alpha value is -0.650. The molecule has 5 heteroatoms. The van der Waals surface area contributed by atoms with Gasteiger partial charge in [0.2, 0.25) is 0 Å². The van der Waals surface area contributed by atoms with Crippen LogP contribution in [0.5, 0.6) is 0 Å². The van der Waals surface area contributed by atoms with E-state index in [9.17, 15) is 0 Å². The van der Waals surface area contributed by atoms with E-state index in [4.69, 9.17) is 4.42 Å². The maximum atomic E-state index is 5.46. The minimum atomic E-state index is 0.158. The average Bonchev–Trinajstić information content (AvgIpc) is 2.84. The minimum absolute atomic E-state index is 0.158. The molecule has 2 heterocycles. The van der Waals surface area contributed by atoms with Crippen LogP contribution in [0.3, 0.4) is 0 Å². The van der Waals surface area contributed by atoms with E-state index in [1.54, 1.807) is 17.6 Å². The Morgan fingerprint density at radius 1 is 1.62 bits per heavy atom. The zero-order chi connectivity index (χ0) is 11.5. The minimum Gasteiger partial charge on any atom is -0.466 e. The maximum Gasteiger partial charge on any atom is 0.135 e. The molecule has 0 saturated carbocycles. The topological polar surface area (TPSA) is 38.1 Å². The van der Waals surface area contributed by atoms with Crippen LogP contribution in [-0.4, -0.2) is 12.0 Å². The van der Waals surface area contributed by atoms with Gasteiger partial charge in [-0.15, -0.1) is 11.3 Å². The molecule has 0 aliphatic carbocycles. The summed E-state index contributed by atoms with van der Waals surface area (Å²) < 4.78 is 6.46. The van der Waals surface area contributed by atoms with Crippen molar-refractivity contribution in [2.24, 2.45) is 0 Å². The quantitative estimate of drug-likeness (QED) is 0.941. The summed E-state index contributed by atoms with van der Waals surface area (Å²) in [5.74, 6) is 0.924. The SMILES string of the molecule is CNC(Cc1csc(C)n1)c1occc1Br. The standard InChI is InChI=1S/C11H13BrN2OS/c1-7-14-8(6-16-7)5-10(13-2)11-9(12)3-4-15-11/h3-4,6,10,13H,5H2,1-2H3. The monoisotopic (exact) mass is 300 g/mol. The Morgan fingerprint density at radius 2 is 2.44 bits per heavy atom. The molecule has 2 aromatic heterocycles. The summed E-state index contributed by atoms with van der Waals surface area (Å²) >= 11 is 5.15. The van der Waals surface area contributed by atoms with Crippen LogP contribution in [0.4, 0.5) is 0 Å². The molecule has 2 rings (SSSR count). The molecule has 0 saturated heterocycles. The number of rotatable bonds is 4. The molecule has 0 radical (unpaired) electrons. The van der Waals surface area contributed by atoms with Crippen LogP contribution in [0.15, 0.2) is 26.6 Å². The number of nitrogens with one attached hydrogen (secondary N) is 1. The highest BCUT2D eigenvalue weighted by Gasteiger charge is 2.17. The fourth-order valence-corrected chi connectivity index (χ4v) is 2.69. The number of hydrogen-bond donors (Lipinski definition) is 1. The summed E-state index contributed by atoms with van der Waals surface area (Å²) in [4.78, 5) is 4.46. The first kappa shape index (κ1) is 11.8. The first-order valence-electron chi connectivity index (χ1n) is 5.02. The lowest BCUT2D eigenvalue weighted by atomic mass is 10.1. The van der Waals surface area contributed by atoms with Gasteiger partial charge in [0.1, 0.15) is 5.76 Å². The van der Waals surface area contributed by atoms with Crippen molar-refractivity contribution in [2.75, 3.05) is 7.05 Å². The lowest BCUT2D eigenvalue weighted by Crippen LogP contribution is -2.18. The number of aromatic nitrogens is 1. The number of hydrogen-bond acceptors (Lipinski definition) is 4. The molecule has 3 nitrogen and oxygen atoms in total. The molecule has 0 bridgehead atoms. The molecule has 86 valence electrons. The van der Waals surface area contributed by atoms with Crippen molar-refractivity contribution >= 4 is 27.3 Å². The van der Waals surface area contributed by atoms with Gasteiger partial charge in [-0.25, -0.2) is 4.98 Å². The van der Waals surface area contributed by atoms with Gasteiger partial charge < -0.3 is 9.73 Å². The van der Waals surface area contributed by atoms with Gasteiger partial charge in [-0.05, 0) is 36.0 Å². The normalized spacial score (nSPS) is 12.9. The number of furan rings is 1. The highest BCUT2D eigenvalue weighted by molar-refractivity contribution is 9.10.